The van der Waals surface area contributed by atoms with E-state index in [1.165, 1.54) is 32.1 Å². The lowest BCUT2D eigenvalue weighted by atomic mass is 9.62. The topological polar surface area (TPSA) is 51.0 Å². The van der Waals surface area contributed by atoms with Crippen LogP contribution in [0.4, 0.5) is 0 Å². The quantitative estimate of drug-likeness (QED) is 0.839. The highest BCUT2D eigenvalue weighted by Crippen LogP contribution is 2.55. The Kier molecular flexibility index (Phi) is 3.69. The molecule has 126 valence electrons. The zero-order valence-corrected chi connectivity index (χ0v) is 14.4. The summed E-state index contributed by atoms with van der Waals surface area (Å²) in [5, 5.41) is 8.69. The highest BCUT2D eigenvalue weighted by atomic mass is 16.2. The number of carbonyl (C=O) groups excluding carboxylic acids is 1. The first kappa shape index (κ1) is 15.2. The summed E-state index contributed by atoms with van der Waals surface area (Å²) < 4.78 is 2.28. The third-order valence-electron chi connectivity index (χ3n) is 6.04. The van der Waals surface area contributed by atoms with Crippen LogP contribution in [0.3, 0.4) is 0 Å². The van der Waals surface area contributed by atoms with E-state index in [-0.39, 0.29) is 5.41 Å². The fourth-order valence-corrected chi connectivity index (χ4v) is 4.38. The molecule has 3 aliphatic rings. The van der Waals surface area contributed by atoms with Crippen LogP contribution in [0.2, 0.25) is 0 Å². The van der Waals surface area contributed by atoms with Crippen LogP contribution in [0.5, 0.6) is 0 Å². The summed E-state index contributed by atoms with van der Waals surface area (Å²) in [5.41, 5.74) is 0.279. The van der Waals surface area contributed by atoms with Crippen molar-refractivity contribution in [2.45, 2.75) is 64.8 Å². The summed E-state index contributed by atoms with van der Waals surface area (Å²) in [7, 11) is 0. The van der Waals surface area contributed by atoms with Crippen LogP contribution in [0.15, 0.2) is 6.33 Å². The molecule has 0 radical (unpaired) electrons. The summed E-state index contributed by atoms with van der Waals surface area (Å²) in [6.07, 6.45) is 9.01. The zero-order valence-electron chi connectivity index (χ0n) is 14.4. The lowest BCUT2D eigenvalue weighted by molar-refractivity contribution is -0.131. The average Bonchev–Trinajstić information content (AvgIpc) is 2.99. The number of carbonyl (C=O) groups is 1. The summed E-state index contributed by atoms with van der Waals surface area (Å²) >= 11 is 0. The van der Waals surface area contributed by atoms with Crippen molar-refractivity contribution in [3.8, 4) is 0 Å². The highest BCUT2D eigenvalue weighted by molar-refractivity contribution is 5.77. The lowest BCUT2D eigenvalue weighted by Crippen LogP contribution is -2.38. The molecule has 0 bridgehead atoms. The van der Waals surface area contributed by atoms with Gasteiger partial charge in [-0.05, 0) is 42.9 Å². The Morgan fingerprint density at radius 3 is 2.78 bits per heavy atom. The van der Waals surface area contributed by atoms with Crippen LogP contribution in [-0.4, -0.2) is 38.7 Å². The molecule has 1 unspecified atom stereocenters. The molecule has 3 fully saturated rings. The predicted octanol–water partition coefficient (Wildman–Crippen LogP) is 2.83. The summed E-state index contributed by atoms with van der Waals surface area (Å²) in [5.74, 6) is 3.09. The van der Waals surface area contributed by atoms with Gasteiger partial charge in [-0.25, -0.2) is 0 Å². The molecule has 2 aliphatic carbocycles. The van der Waals surface area contributed by atoms with Gasteiger partial charge in [0.1, 0.15) is 12.2 Å². The minimum atomic E-state index is 0.279. The van der Waals surface area contributed by atoms with Gasteiger partial charge < -0.3 is 9.47 Å². The Hall–Kier alpha value is -1.39. The second-order valence-electron chi connectivity index (χ2n) is 8.43. The fourth-order valence-electron chi connectivity index (χ4n) is 4.38. The molecule has 1 atom stereocenters. The Bertz CT molecular complexity index is 586. The Labute approximate surface area is 138 Å². The van der Waals surface area contributed by atoms with Gasteiger partial charge in [-0.15, -0.1) is 10.2 Å². The number of hydrogen-bond acceptors (Lipinski definition) is 3. The Balaban J connectivity index is 1.55. The number of nitrogens with zero attached hydrogens (tertiary/aromatic N) is 4. The molecule has 5 nitrogen and oxygen atoms in total. The van der Waals surface area contributed by atoms with Crippen molar-refractivity contribution in [1.82, 2.24) is 19.7 Å². The van der Waals surface area contributed by atoms with Gasteiger partial charge in [0.05, 0.1) is 0 Å². The molecule has 1 aromatic heterocycles. The number of amides is 1. The maximum atomic E-state index is 12.6. The van der Waals surface area contributed by atoms with Crippen molar-refractivity contribution in [2.75, 3.05) is 13.1 Å². The van der Waals surface area contributed by atoms with Crippen molar-refractivity contribution in [3.63, 3.8) is 0 Å². The number of hydrogen-bond donors (Lipinski definition) is 0. The standard InChI is InChI=1S/C18H28N4O/c1-13(2)8-16(23)21-10-15(18(11-21)6-3-7-18)17-20-19-12-22(17)9-14-4-5-14/h12-15H,3-11H2,1-2H3. The van der Waals surface area contributed by atoms with Crippen LogP contribution in [0.25, 0.3) is 0 Å². The zero-order chi connectivity index (χ0) is 16.0. The summed E-state index contributed by atoms with van der Waals surface area (Å²) in [4.78, 5) is 14.7. The van der Waals surface area contributed by atoms with Crippen molar-refractivity contribution < 1.29 is 4.79 Å². The minimum absolute atomic E-state index is 0.279. The molecule has 1 saturated heterocycles. The first-order valence-electron chi connectivity index (χ1n) is 9.23. The van der Waals surface area contributed by atoms with E-state index in [4.69, 9.17) is 0 Å². The van der Waals surface area contributed by atoms with Crippen molar-refractivity contribution in [2.24, 2.45) is 17.3 Å². The smallest absolute Gasteiger partial charge is 0.222 e. The van der Waals surface area contributed by atoms with E-state index in [1.807, 2.05) is 6.33 Å². The molecule has 1 aliphatic heterocycles. The largest absolute Gasteiger partial charge is 0.341 e. The molecular formula is C18H28N4O. The second-order valence-corrected chi connectivity index (χ2v) is 8.43. The molecule has 1 amide bonds. The van der Waals surface area contributed by atoms with Crippen LogP contribution in [-0.2, 0) is 11.3 Å². The highest BCUT2D eigenvalue weighted by Gasteiger charge is 2.53. The molecule has 1 spiro atoms. The normalized spacial score (nSPS) is 26.0. The summed E-state index contributed by atoms with van der Waals surface area (Å²) in [6, 6.07) is 0. The van der Waals surface area contributed by atoms with E-state index in [2.05, 4.69) is 33.5 Å². The Morgan fingerprint density at radius 2 is 2.17 bits per heavy atom. The van der Waals surface area contributed by atoms with E-state index in [9.17, 15) is 4.79 Å². The molecule has 5 heteroatoms. The molecule has 0 N–H and O–H groups in total. The predicted molar refractivity (Wildman–Crippen MR) is 87.8 cm³/mol. The molecule has 2 heterocycles. The SMILES string of the molecule is CC(C)CC(=O)N1CC(c2nncn2CC2CC2)C2(CCC2)C1. The van der Waals surface area contributed by atoms with E-state index in [1.54, 1.807) is 0 Å². The lowest BCUT2D eigenvalue weighted by Gasteiger charge is -2.42. The van der Waals surface area contributed by atoms with E-state index < -0.39 is 0 Å². The van der Waals surface area contributed by atoms with Crippen LogP contribution < -0.4 is 0 Å². The number of rotatable bonds is 5. The average molecular weight is 316 g/mol. The van der Waals surface area contributed by atoms with Crippen molar-refractivity contribution in [3.05, 3.63) is 12.2 Å². The van der Waals surface area contributed by atoms with Gasteiger partial charge in [-0.3, -0.25) is 4.79 Å². The fraction of sp³-hybridized carbons (Fsp3) is 0.833. The maximum Gasteiger partial charge on any atom is 0.222 e. The monoisotopic (exact) mass is 316 g/mol. The van der Waals surface area contributed by atoms with Gasteiger partial charge >= 0.3 is 0 Å². The van der Waals surface area contributed by atoms with E-state index >= 15 is 0 Å². The third kappa shape index (κ3) is 2.79. The molecular weight excluding hydrogens is 288 g/mol. The third-order valence-corrected chi connectivity index (χ3v) is 6.04. The second kappa shape index (κ2) is 5.60. The molecule has 1 aromatic rings. The van der Waals surface area contributed by atoms with Gasteiger partial charge in [-0.2, -0.15) is 0 Å². The first-order valence-corrected chi connectivity index (χ1v) is 9.23. The van der Waals surface area contributed by atoms with Gasteiger partial charge in [0, 0.05) is 32.0 Å². The van der Waals surface area contributed by atoms with Gasteiger partial charge in [0.15, 0.2) is 0 Å². The van der Waals surface area contributed by atoms with Crippen LogP contribution in [0, 0.1) is 17.3 Å². The molecule has 23 heavy (non-hydrogen) atoms. The van der Waals surface area contributed by atoms with Crippen molar-refractivity contribution in [1.29, 1.82) is 0 Å². The van der Waals surface area contributed by atoms with Gasteiger partial charge in [0.2, 0.25) is 5.91 Å². The first-order chi connectivity index (χ1) is 11.1. The molecule has 0 aromatic carbocycles. The van der Waals surface area contributed by atoms with Gasteiger partial charge in [0.25, 0.3) is 0 Å². The molecule has 2 saturated carbocycles. The number of aromatic nitrogens is 3. The number of likely N-dealkylation sites (tertiary alicyclic amines) is 1. The van der Waals surface area contributed by atoms with Crippen molar-refractivity contribution >= 4 is 5.91 Å². The van der Waals surface area contributed by atoms with Crippen LogP contribution >= 0.6 is 0 Å². The molecule has 4 rings (SSSR count). The summed E-state index contributed by atoms with van der Waals surface area (Å²) in [6.45, 7) is 7.08. The maximum absolute atomic E-state index is 12.6. The van der Waals surface area contributed by atoms with Gasteiger partial charge in [-0.1, -0.05) is 20.3 Å². The Morgan fingerprint density at radius 1 is 1.39 bits per heavy atom. The van der Waals surface area contributed by atoms with E-state index in [0.717, 1.165) is 31.4 Å². The van der Waals surface area contributed by atoms with E-state index in [0.29, 0.717) is 24.2 Å². The minimum Gasteiger partial charge on any atom is -0.341 e. The van der Waals surface area contributed by atoms with Crippen LogP contribution in [0.1, 0.15) is 64.1 Å².